The van der Waals surface area contributed by atoms with E-state index in [1.54, 1.807) is 6.92 Å². The number of hydrogen-bond acceptors (Lipinski definition) is 4. The molecule has 0 aliphatic carbocycles. The van der Waals surface area contributed by atoms with Gasteiger partial charge in [-0.25, -0.2) is 0 Å². The summed E-state index contributed by atoms with van der Waals surface area (Å²) in [6, 6.07) is 0. The van der Waals surface area contributed by atoms with Crippen LogP contribution in [-0.4, -0.2) is 22.4 Å². The fourth-order valence-electron chi connectivity index (χ4n) is 0.419. The van der Waals surface area contributed by atoms with E-state index >= 15 is 0 Å². The second-order valence-electron chi connectivity index (χ2n) is 1.92. The largest absolute Gasteiger partial charge is 1.00 e. The van der Waals surface area contributed by atoms with Gasteiger partial charge in [-0.1, -0.05) is 6.92 Å². The molecule has 0 bridgehead atoms. The fraction of sp³-hybridized carbons (Fsp3) is 0.800. The van der Waals surface area contributed by atoms with Crippen LogP contribution in [0.4, 0.5) is 0 Å². The third kappa shape index (κ3) is 6.89. The van der Waals surface area contributed by atoms with Crippen molar-refractivity contribution in [3.05, 3.63) is 0 Å². The number of carbonyl (C=O) groups excluding carboxylic acids is 1. The van der Waals surface area contributed by atoms with Crippen LogP contribution in [0.25, 0.3) is 0 Å². The Hall–Kier alpha value is 0.780. The van der Waals surface area contributed by atoms with Crippen molar-refractivity contribution in [2.45, 2.75) is 24.7 Å². The first-order chi connectivity index (χ1) is 4.04. The molecule has 0 spiro atoms. The van der Waals surface area contributed by atoms with E-state index in [9.17, 15) is 9.90 Å². The van der Waals surface area contributed by atoms with Crippen molar-refractivity contribution in [3.63, 3.8) is 0 Å². The predicted octanol–water partition coefficient (Wildman–Crippen LogP) is -4.19. The van der Waals surface area contributed by atoms with Crippen molar-refractivity contribution in [2.75, 3.05) is 0 Å². The summed E-state index contributed by atoms with van der Waals surface area (Å²) in [6.07, 6.45) is -1.25. The monoisotopic (exact) mass is 172 g/mol. The number of thiol groups is 1. The molecule has 0 aliphatic rings. The zero-order valence-electron chi connectivity index (χ0n) is 6.07. The van der Waals surface area contributed by atoms with Crippen LogP contribution in [0.5, 0.6) is 0 Å². The van der Waals surface area contributed by atoms with E-state index in [1.807, 2.05) is 0 Å². The minimum atomic E-state index is -1.43. The average Bonchev–Trinajstić information content (AvgIpc) is 1.63. The minimum absolute atomic E-state index is 0. The summed E-state index contributed by atoms with van der Waals surface area (Å²) in [4.78, 5) is 9.84. The molecule has 0 aromatic rings. The van der Waals surface area contributed by atoms with Gasteiger partial charge in [0.25, 0.3) is 0 Å². The molecule has 0 amide bonds. The van der Waals surface area contributed by atoms with Crippen molar-refractivity contribution < 1.29 is 44.6 Å². The number of aliphatic carboxylic acids is 1. The van der Waals surface area contributed by atoms with E-state index in [4.69, 9.17) is 5.11 Å². The van der Waals surface area contributed by atoms with Gasteiger partial charge in [0.15, 0.2) is 0 Å². The summed E-state index contributed by atoms with van der Waals surface area (Å²) < 4.78 is 0. The van der Waals surface area contributed by atoms with E-state index in [1.165, 1.54) is 0 Å². The summed E-state index contributed by atoms with van der Waals surface area (Å²) in [5.41, 5.74) is 0. The molecule has 0 saturated heterocycles. The van der Waals surface area contributed by atoms with Crippen LogP contribution in [0.15, 0.2) is 0 Å². The normalized spacial score (nSPS) is 15.1. The van der Waals surface area contributed by atoms with Crippen LogP contribution >= 0.6 is 12.6 Å². The minimum Gasteiger partial charge on any atom is -0.547 e. The van der Waals surface area contributed by atoms with Crippen molar-refractivity contribution in [1.82, 2.24) is 0 Å². The predicted molar refractivity (Wildman–Crippen MR) is 34.1 cm³/mol. The Labute approximate surface area is 87.5 Å². The van der Waals surface area contributed by atoms with Gasteiger partial charge in [-0.3, -0.25) is 0 Å². The Balaban J connectivity index is 0. The fourth-order valence-corrected chi connectivity index (χ4v) is 0.619. The molecule has 0 rings (SSSR count). The van der Waals surface area contributed by atoms with Crippen molar-refractivity contribution in [1.29, 1.82) is 0 Å². The third-order valence-corrected chi connectivity index (χ3v) is 1.05. The van der Waals surface area contributed by atoms with Crippen molar-refractivity contribution in [2.24, 2.45) is 0 Å². The summed E-state index contributed by atoms with van der Waals surface area (Å²) in [6.45, 7) is 1.70. The summed E-state index contributed by atoms with van der Waals surface area (Å²) in [5, 5.41) is 18.3. The van der Waals surface area contributed by atoms with E-state index < -0.39 is 12.1 Å². The number of carboxylic acids is 1. The molecule has 0 radical (unpaired) electrons. The molecule has 0 saturated carbocycles. The first-order valence-corrected chi connectivity index (χ1v) is 3.12. The van der Waals surface area contributed by atoms with E-state index in [2.05, 4.69) is 12.6 Å². The van der Waals surface area contributed by atoms with Crippen LogP contribution in [-0.2, 0) is 4.79 Å². The topological polar surface area (TPSA) is 60.4 Å². The van der Waals surface area contributed by atoms with Crippen LogP contribution in [0, 0.1) is 0 Å². The maximum atomic E-state index is 9.84. The molecule has 54 valence electrons. The van der Waals surface area contributed by atoms with Crippen LogP contribution in [0.3, 0.4) is 0 Å². The Morgan fingerprint density at radius 3 is 2.30 bits per heavy atom. The summed E-state index contributed by atoms with van der Waals surface area (Å²) >= 11 is 3.88. The van der Waals surface area contributed by atoms with Gasteiger partial charge in [0.1, 0.15) is 0 Å². The van der Waals surface area contributed by atoms with Gasteiger partial charge >= 0.3 is 29.6 Å². The summed E-state index contributed by atoms with van der Waals surface area (Å²) in [7, 11) is 0. The molecule has 0 aromatic carbocycles. The Kier molecular flexibility index (Phi) is 8.68. The molecule has 0 heterocycles. The maximum absolute atomic E-state index is 9.84. The molecule has 3 nitrogen and oxygen atoms in total. The maximum Gasteiger partial charge on any atom is 1.00 e. The van der Waals surface area contributed by atoms with Gasteiger partial charge in [0.05, 0.1) is 12.1 Å². The zero-order valence-corrected chi connectivity index (χ0v) is 8.97. The van der Waals surface area contributed by atoms with Crippen LogP contribution < -0.4 is 34.7 Å². The van der Waals surface area contributed by atoms with Crippen molar-refractivity contribution >= 4 is 18.6 Å². The second-order valence-corrected chi connectivity index (χ2v) is 2.80. The molecule has 0 aromatic heterocycles. The standard InChI is InChI=1S/C5H10O3S.Na/c1-3(9)2-4(6)5(7)8;/h3-4,6,9H,2H2,1H3,(H,7,8);/q;+1/p-1. The SMILES string of the molecule is CC(S)CC(O)C(=O)[O-].[Na+]. The van der Waals surface area contributed by atoms with Gasteiger partial charge in [0.2, 0.25) is 0 Å². The van der Waals surface area contributed by atoms with E-state index in [-0.39, 0.29) is 41.2 Å². The molecule has 2 unspecified atom stereocenters. The molecule has 5 heteroatoms. The van der Waals surface area contributed by atoms with Gasteiger partial charge < -0.3 is 15.0 Å². The molecule has 1 N–H and O–H groups in total. The van der Waals surface area contributed by atoms with Crippen LogP contribution in [0.2, 0.25) is 0 Å². The van der Waals surface area contributed by atoms with Gasteiger partial charge in [-0.15, -0.1) is 0 Å². The number of aliphatic hydroxyl groups excluding tert-OH is 1. The smallest absolute Gasteiger partial charge is 0.547 e. The molecular weight excluding hydrogens is 163 g/mol. The molecule has 2 atom stereocenters. The van der Waals surface area contributed by atoms with Crippen molar-refractivity contribution in [3.8, 4) is 0 Å². The van der Waals surface area contributed by atoms with Gasteiger partial charge in [0, 0.05) is 5.25 Å². The first-order valence-electron chi connectivity index (χ1n) is 2.61. The third-order valence-electron chi connectivity index (χ3n) is 0.836. The molecule has 0 aliphatic heterocycles. The molecule has 10 heavy (non-hydrogen) atoms. The van der Waals surface area contributed by atoms with Crippen LogP contribution in [0.1, 0.15) is 13.3 Å². The number of rotatable bonds is 3. The Morgan fingerprint density at radius 2 is 2.20 bits per heavy atom. The van der Waals surface area contributed by atoms with Gasteiger partial charge in [-0.2, -0.15) is 12.6 Å². The first kappa shape index (κ1) is 13.4. The number of carbonyl (C=O) groups is 1. The zero-order chi connectivity index (χ0) is 7.44. The molecule has 0 fully saturated rings. The number of carboxylic acid groups (broad SMARTS) is 1. The van der Waals surface area contributed by atoms with E-state index in [0.717, 1.165) is 0 Å². The van der Waals surface area contributed by atoms with Gasteiger partial charge in [-0.05, 0) is 6.42 Å². The quantitative estimate of drug-likeness (QED) is 0.335. The second kappa shape index (κ2) is 6.49. The summed E-state index contributed by atoms with van der Waals surface area (Å²) in [5.74, 6) is -1.43. The number of aliphatic hydroxyl groups is 1. The van der Waals surface area contributed by atoms with E-state index in [0.29, 0.717) is 0 Å². The molecular formula is C5H9NaO3S. The number of hydrogen-bond donors (Lipinski definition) is 2. The Bertz CT molecular complexity index is 107. The Morgan fingerprint density at radius 1 is 1.80 bits per heavy atom. The average molecular weight is 172 g/mol.